The largest absolute Gasteiger partial charge is 0.329 e. The van der Waals surface area contributed by atoms with Gasteiger partial charge < -0.3 is 15.6 Å². The highest BCUT2D eigenvalue weighted by atomic mass is 32.2. The molecule has 0 saturated heterocycles. The van der Waals surface area contributed by atoms with Crippen LogP contribution in [0.5, 0.6) is 0 Å². The maximum absolute atomic E-state index is 13.8. The van der Waals surface area contributed by atoms with Gasteiger partial charge in [0.2, 0.25) is 5.91 Å². The number of aryl methyl sites for hydroxylation is 1. The Hall–Kier alpha value is -1.86. The summed E-state index contributed by atoms with van der Waals surface area (Å²) in [4.78, 5) is 18.0. The molecule has 0 spiro atoms. The standard InChI is InChI=1S/C20H25FN4OS/c1-25-8-7-23-20(25)27-17-6-5-15(21)11-16(17)24-19(26)14-9-12-3-2-4-13(10-14)18(12)22/h5-8,11-14,18H,2-4,9-10,22H2,1H3,(H,24,26). The van der Waals surface area contributed by atoms with Gasteiger partial charge >= 0.3 is 0 Å². The van der Waals surface area contributed by atoms with E-state index in [9.17, 15) is 9.18 Å². The van der Waals surface area contributed by atoms with Gasteiger partial charge in [-0.3, -0.25) is 4.79 Å². The third-order valence-electron chi connectivity index (χ3n) is 5.96. The van der Waals surface area contributed by atoms with E-state index in [-0.39, 0.29) is 23.7 Å². The predicted octanol–water partition coefficient (Wildman–Crippen LogP) is 3.80. The lowest BCUT2D eigenvalue weighted by molar-refractivity contribution is -0.122. The number of carbonyl (C=O) groups excluding carboxylic acids is 1. The first-order chi connectivity index (χ1) is 13.0. The van der Waals surface area contributed by atoms with Crippen molar-refractivity contribution < 1.29 is 9.18 Å². The third kappa shape index (κ3) is 3.89. The van der Waals surface area contributed by atoms with E-state index in [0.717, 1.165) is 35.7 Å². The topological polar surface area (TPSA) is 72.9 Å². The summed E-state index contributed by atoms with van der Waals surface area (Å²) in [6.07, 6.45) is 8.68. The second-order valence-electron chi connectivity index (χ2n) is 7.75. The highest BCUT2D eigenvalue weighted by molar-refractivity contribution is 7.99. The van der Waals surface area contributed by atoms with Crippen molar-refractivity contribution in [1.82, 2.24) is 9.55 Å². The lowest BCUT2D eigenvalue weighted by Crippen LogP contribution is -2.48. The van der Waals surface area contributed by atoms with E-state index in [1.807, 2.05) is 17.8 Å². The van der Waals surface area contributed by atoms with Crippen LogP contribution in [0.15, 0.2) is 40.6 Å². The highest BCUT2D eigenvalue weighted by Gasteiger charge is 2.40. The van der Waals surface area contributed by atoms with E-state index in [2.05, 4.69) is 10.3 Å². The van der Waals surface area contributed by atoms with Crippen LogP contribution in [0.25, 0.3) is 0 Å². The molecular weight excluding hydrogens is 363 g/mol. The van der Waals surface area contributed by atoms with E-state index in [1.165, 1.54) is 30.3 Å². The number of halogens is 1. The lowest BCUT2D eigenvalue weighted by Gasteiger charge is -2.43. The maximum atomic E-state index is 13.8. The zero-order valence-corrected chi connectivity index (χ0v) is 16.2. The summed E-state index contributed by atoms with van der Waals surface area (Å²) in [6.45, 7) is 0. The number of nitrogens with one attached hydrogen (secondary N) is 1. The van der Waals surface area contributed by atoms with Crippen LogP contribution < -0.4 is 11.1 Å². The maximum Gasteiger partial charge on any atom is 0.227 e. The van der Waals surface area contributed by atoms with Gasteiger partial charge in [0.15, 0.2) is 5.16 Å². The van der Waals surface area contributed by atoms with Crippen LogP contribution in [0.1, 0.15) is 32.1 Å². The summed E-state index contributed by atoms with van der Waals surface area (Å²) in [6, 6.07) is 4.71. The van der Waals surface area contributed by atoms with Crippen LogP contribution in [-0.2, 0) is 11.8 Å². The Balaban J connectivity index is 1.51. The monoisotopic (exact) mass is 388 g/mol. The number of benzene rings is 1. The van der Waals surface area contributed by atoms with Crippen molar-refractivity contribution in [2.75, 3.05) is 5.32 Å². The number of nitrogens with two attached hydrogens (primary N) is 1. The number of hydrogen-bond donors (Lipinski definition) is 2. The smallest absolute Gasteiger partial charge is 0.227 e. The Morgan fingerprint density at radius 2 is 2.07 bits per heavy atom. The molecule has 2 unspecified atom stereocenters. The summed E-state index contributed by atoms with van der Waals surface area (Å²) in [5.41, 5.74) is 6.85. The number of anilines is 1. The molecule has 2 aliphatic carbocycles. The molecule has 2 aliphatic rings. The number of amides is 1. The van der Waals surface area contributed by atoms with Crippen molar-refractivity contribution in [2.45, 2.75) is 48.2 Å². The number of imidazole rings is 1. The van der Waals surface area contributed by atoms with Gasteiger partial charge in [0, 0.05) is 36.3 Å². The molecule has 1 aromatic carbocycles. The number of aromatic nitrogens is 2. The number of rotatable bonds is 4. The fourth-order valence-corrected chi connectivity index (χ4v) is 5.35. The Labute approximate surface area is 162 Å². The molecule has 0 aliphatic heterocycles. The predicted molar refractivity (Wildman–Crippen MR) is 104 cm³/mol. The van der Waals surface area contributed by atoms with Crippen molar-refractivity contribution in [2.24, 2.45) is 30.5 Å². The first-order valence-electron chi connectivity index (χ1n) is 9.52. The summed E-state index contributed by atoms with van der Waals surface area (Å²) in [5.74, 6) is 0.432. The Bertz CT molecular complexity index is 825. The molecule has 3 N–H and O–H groups in total. The zero-order valence-electron chi connectivity index (χ0n) is 15.4. The zero-order chi connectivity index (χ0) is 19.0. The van der Waals surface area contributed by atoms with Gasteiger partial charge in [0.05, 0.1) is 5.69 Å². The first kappa shape index (κ1) is 18.5. The van der Waals surface area contributed by atoms with Gasteiger partial charge in [-0.15, -0.1) is 0 Å². The molecule has 2 fully saturated rings. The molecule has 4 rings (SSSR count). The van der Waals surface area contributed by atoms with Gasteiger partial charge in [0.1, 0.15) is 5.82 Å². The van der Waals surface area contributed by atoms with Gasteiger partial charge in [0.25, 0.3) is 0 Å². The van der Waals surface area contributed by atoms with Gasteiger partial charge in [-0.1, -0.05) is 6.42 Å². The van der Waals surface area contributed by atoms with Crippen LogP contribution >= 0.6 is 11.8 Å². The minimum Gasteiger partial charge on any atom is -0.329 e. The first-order valence-corrected chi connectivity index (χ1v) is 10.3. The fourth-order valence-electron chi connectivity index (χ4n) is 4.48. The second kappa shape index (κ2) is 7.64. The number of fused-ring (bicyclic) bond motifs is 2. The Kier molecular flexibility index (Phi) is 5.23. The quantitative estimate of drug-likeness (QED) is 0.836. The molecule has 144 valence electrons. The van der Waals surface area contributed by atoms with Crippen LogP contribution in [0.4, 0.5) is 10.1 Å². The second-order valence-corrected chi connectivity index (χ2v) is 8.76. The van der Waals surface area contributed by atoms with Crippen molar-refractivity contribution in [3.05, 3.63) is 36.4 Å². The number of carbonyl (C=O) groups is 1. The molecule has 2 saturated carbocycles. The molecular formula is C20H25FN4OS. The van der Waals surface area contributed by atoms with Crippen molar-refractivity contribution in [3.63, 3.8) is 0 Å². The lowest BCUT2D eigenvalue weighted by atomic mass is 9.65. The summed E-state index contributed by atoms with van der Waals surface area (Å²) < 4.78 is 15.7. The van der Waals surface area contributed by atoms with E-state index < -0.39 is 0 Å². The van der Waals surface area contributed by atoms with Gasteiger partial charge in [-0.2, -0.15) is 0 Å². The van der Waals surface area contributed by atoms with Crippen molar-refractivity contribution in [1.29, 1.82) is 0 Å². The molecule has 1 amide bonds. The van der Waals surface area contributed by atoms with Crippen molar-refractivity contribution >= 4 is 23.4 Å². The summed E-state index contributed by atoms with van der Waals surface area (Å²) in [5, 5.41) is 3.77. The van der Waals surface area contributed by atoms with E-state index in [0.29, 0.717) is 17.5 Å². The van der Waals surface area contributed by atoms with Crippen LogP contribution in [0.3, 0.4) is 0 Å². The Morgan fingerprint density at radius 1 is 1.33 bits per heavy atom. The minimum atomic E-state index is -0.364. The van der Waals surface area contributed by atoms with Crippen molar-refractivity contribution in [3.8, 4) is 0 Å². The number of nitrogens with zero attached hydrogens (tertiary/aromatic N) is 2. The van der Waals surface area contributed by atoms with Gasteiger partial charge in [-0.25, -0.2) is 9.37 Å². The van der Waals surface area contributed by atoms with E-state index >= 15 is 0 Å². The Morgan fingerprint density at radius 3 is 2.74 bits per heavy atom. The molecule has 2 bridgehead atoms. The highest BCUT2D eigenvalue weighted by Crippen LogP contribution is 2.42. The molecule has 7 heteroatoms. The summed E-state index contributed by atoms with van der Waals surface area (Å²) >= 11 is 1.41. The minimum absolute atomic E-state index is 0.0221. The van der Waals surface area contributed by atoms with Crippen LogP contribution in [-0.4, -0.2) is 21.5 Å². The summed E-state index contributed by atoms with van der Waals surface area (Å²) in [7, 11) is 1.90. The fraction of sp³-hybridized carbons (Fsp3) is 0.500. The average molecular weight is 389 g/mol. The van der Waals surface area contributed by atoms with E-state index in [4.69, 9.17) is 5.73 Å². The number of hydrogen-bond acceptors (Lipinski definition) is 4. The SMILES string of the molecule is Cn1ccnc1Sc1ccc(F)cc1NC(=O)C1CC2CCCC(C1)C2N. The van der Waals surface area contributed by atoms with E-state index in [1.54, 1.807) is 12.3 Å². The van der Waals surface area contributed by atoms with Crippen LogP contribution in [0, 0.1) is 23.6 Å². The normalized spacial score (nSPS) is 27.4. The van der Waals surface area contributed by atoms with Crippen LogP contribution in [0.2, 0.25) is 0 Å². The molecule has 2 atom stereocenters. The molecule has 1 heterocycles. The molecule has 27 heavy (non-hydrogen) atoms. The average Bonchev–Trinajstić information content (AvgIpc) is 3.02. The third-order valence-corrected chi connectivity index (χ3v) is 7.11. The molecule has 2 aromatic rings. The molecule has 5 nitrogen and oxygen atoms in total. The molecule has 1 aromatic heterocycles. The molecule has 0 radical (unpaired) electrons. The van der Waals surface area contributed by atoms with Gasteiger partial charge in [-0.05, 0) is 67.5 Å².